The lowest BCUT2D eigenvalue weighted by Gasteiger charge is -2.35. The highest BCUT2D eigenvalue weighted by atomic mass is 35.5. The van der Waals surface area contributed by atoms with Crippen molar-refractivity contribution in [3.05, 3.63) is 65.7 Å². The van der Waals surface area contributed by atoms with Gasteiger partial charge >= 0.3 is 0 Å². The molecule has 1 amide bonds. The van der Waals surface area contributed by atoms with Gasteiger partial charge in [-0.3, -0.25) is 9.69 Å². The predicted molar refractivity (Wildman–Crippen MR) is 109 cm³/mol. The number of hydrogen-bond donors (Lipinski definition) is 1. The molecule has 1 heterocycles. The van der Waals surface area contributed by atoms with Gasteiger partial charge in [0.25, 0.3) is 5.91 Å². The Bertz CT molecular complexity index is 701. The van der Waals surface area contributed by atoms with Gasteiger partial charge in [0.1, 0.15) is 18.5 Å². The number of aliphatic hydroxyl groups excluding tert-OH is 1. The van der Waals surface area contributed by atoms with Crippen LogP contribution in [-0.4, -0.2) is 66.2 Å². The highest BCUT2D eigenvalue weighted by Crippen LogP contribution is 2.12. The maximum atomic E-state index is 12.4. The Kier molecular flexibility index (Phi) is 8.10. The van der Waals surface area contributed by atoms with E-state index in [1.165, 1.54) is 5.56 Å². The highest BCUT2D eigenvalue weighted by molar-refractivity contribution is 5.94. The van der Waals surface area contributed by atoms with E-state index in [0.29, 0.717) is 19.6 Å². The molecular weight excluding hydrogens is 364 g/mol. The van der Waals surface area contributed by atoms with Gasteiger partial charge in [0, 0.05) is 38.3 Å². The van der Waals surface area contributed by atoms with E-state index >= 15 is 0 Å². The van der Waals surface area contributed by atoms with E-state index in [4.69, 9.17) is 4.74 Å². The zero-order valence-electron chi connectivity index (χ0n) is 15.6. The van der Waals surface area contributed by atoms with Crippen molar-refractivity contribution in [2.45, 2.75) is 13.0 Å². The molecule has 2 aromatic rings. The molecule has 1 N–H and O–H groups in total. The number of nitrogens with zero attached hydrogens (tertiary/aromatic N) is 2. The lowest BCUT2D eigenvalue weighted by atomic mass is 10.2. The van der Waals surface area contributed by atoms with Crippen LogP contribution in [0.4, 0.5) is 0 Å². The van der Waals surface area contributed by atoms with Crippen LogP contribution in [-0.2, 0) is 0 Å². The molecule has 146 valence electrons. The number of β-amino-alcohol motifs (C(OH)–C–C–N with tert-alkyl or cyclic N) is 1. The van der Waals surface area contributed by atoms with Crippen LogP contribution in [0.25, 0.3) is 0 Å². The molecule has 0 aliphatic carbocycles. The van der Waals surface area contributed by atoms with Gasteiger partial charge in [0.15, 0.2) is 0 Å². The fraction of sp³-hybridized carbons (Fsp3) is 0.381. The van der Waals surface area contributed by atoms with Crippen molar-refractivity contribution in [2.24, 2.45) is 0 Å². The third kappa shape index (κ3) is 6.24. The Morgan fingerprint density at radius 1 is 1.04 bits per heavy atom. The number of aliphatic hydroxyl groups is 1. The molecule has 1 aliphatic heterocycles. The van der Waals surface area contributed by atoms with Crippen molar-refractivity contribution in [3.8, 4) is 5.75 Å². The van der Waals surface area contributed by atoms with Crippen LogP contribution < -0.4 is 4.74 Å². The summed E-state index contributed by atoms with van der Waals surface area (Å²) in [7, 11) is 0. The zero-order chi connectivity index (χ0) is 18.4. The summed E-state index contributed by atoms with van der Waals surface area (Å²) in [5.41, 5.74) is 1.91. The van der Waals surface area contributed by atoms with Gasteiger partial charge in [-0.25, -0.2) is 0 Å². The van der Waals surface area contributed by atoms with Gasteiger partial charge in [-0.15, -0.1) is 12.4 Å². The molecule has 0 saturated carbocycles. The Morgan fingerprint density at radius 2 is 1.67 bits per heavy atom. The Labute approximate surface area is 167 Å². The van der Waals surface area contributed by atoms with Crippen LogP contribution in [0.1, 0.15) is 15.9 Å². The third-order valence-corrected chi connectivity index (χ3v) is 4.61. The Balaban J connectivity index is 0.00000261. The minimum absolute atomic E-state index is 0. The summed E-state index contributed by atoms with van der Waals surface area (Å²) >= 11 is 0. The number of rotatable bonds is 6. The maximum Gasteiger partial charge on any atom is 0.253 e. The molecular formula is C21H27ClN2O3. The summed E-state index contributed by atoms with van der Waals surface area (Å²) in [6.45, 7) is 5.74. The van der Waals surface area contributed by atoms with Crippen LogP contribution >= 0.6 is 12.4 Å². The lowest BCUT2D eigenvalue weighted by molar-refractivity contribution is 0.0403. The number of hydrogen-bond acceptors (Lipinski definition) is 4. The number of piperazine rings is 1. The molecule has 1 aliphatic rings. The quantitative estimate of drug-likeness (QED) is 0.823. The zero-order valence-corrected chi connectivity index (χ0v) is 16.4. The number of aryl methyl sites for hydroxylation is 1. The predicted octanol–water partition coefficient (Wildman–Crippen LogP) is 2.61. The van der Waals surface area contributed by atoms with Crippen molar-refractivity contribution in [1.29, 1.82) is 0 Å². The normalized spacial score (nSPS) is 15.7. The summed E-state index contributed by atoms with van der Waals surface area (Å²) in [6, 6.07) is 17.2. The van der Waals surface area contributed by atoms with E-state index in [9.17, 15) is 9.90 Å². The number of ether oxygens (including phenoxy) is 1. The molecule has 5 nitrogen and oxygen atoms in total. The molecule has 1 unspecified atom stereocenters. The van der Waals surface area contributed by atoms with Crippen molar-refractivity contribution >= 4 is 18.3 Å². The smallest absolute Gasteiger partial charge is 0.253 e. The van der Waals surface area contributed by atoms with Gasteiger partial charge in [0.05, 0.1) is 0 Å². The first-order valence-electron chi connectivity index (χ1n) is 9.06. The van der Waals surface area contributed by atoms with E-state index in [1.807, 2.05) is 66.4 Å². The molecule has 0 spiro atoms. The van der Waals surface area contributed by atoms with Gasteiger partial charge in [0.2, 0.25) is 0 Å². The van der Waals surface area contributed by atoms with Gasteiger partial charge < -0.3 is 14.7 Å². The average molecular weight is 391 g/mol. The largest absolute Gasteiger partial charge is 0.491 e. The van der Waals surface area contributed by atoms with Crippen LogP contribution in [0.3, 0.4) is 0 Å². The number of halogens is 1. The van der Waals surface area contributed by atoms with Crippen LogP contribution in [0.15, 0.2) is 54.6 Å². The lowest BCUT2D eigenvalue weighted by Crippen LogP contribution is -2.50. The summed E-state index contributed by atoms with van der Waals surface area (Å²) in [4.78, 5) is 16.5. The molecule has 3 rings (SSSR count). The first-order valence-corrected chi connectivity index (χ1v) is 9.06. The van der Waals surface area contributed by atoms with Gasteiger partial charge in [-0.2, -0.15) is 0 Å². The van der Waals surface area contributed by atoms with Crippen LogP contribution in [0.2, 0.25) is 0 Å². The minimum Gasteiger partial charge on any atom is -0.491 e. The average Bonchev–Trinajstić information content (AvgIpc) is 2.68. The fourth-order valence-electron chi connectivity index (χ4n) is 3.07. The van der Waals surface area contributed by atoms with Crippen molar-refractivity contribution in [2.75, 3.05) is 39.3 Å². The number of carbonyl (C=O) groups excluding carboxylic acids is 1. The highest BCUT2D eigenvalue weighted by Gasteiger charge is 2.23. The molecule has 27 heavy (non-hydrogen) atoms. The number of benzene rings is 2. The molecule has 1 saturated heterocycles. The van der Waals surface area contributed by atoms with Crippen molar-refractivity contribution < 1.29 is 14.6 Å². The fourth-order valence-corrected chi connectivity index (χ4v) is 3.07. The molecule has 1 atom stereocenters. The molecule has 1 fully saturated rings. The second-order valence-corrected chi connectivity index (χ2v) is 6.74. The first-order chi connectivity index (χ1) is 12.6. The van der Waals surface area contributed by atoms with Gasteiger partial charge in [-0.1, -0.05) is 35.9 Å². The summed E-state index contributed by atoms with van der Waals surface area (Å²) in [5.74, 6) is 0.849. The second kappa shape index (κ2) is 10.3. The van der Waals surface area contributed by atoms with E-state index in [-0.39, 0.29) is 24.9 Å². The second-order valence-electron chi connectivity index (χ2n) is 6.74. The van der Waals surface area contributed by atoms with Crippen molar-refractivity contribution in [1.82, 2.24) is 9.80 Å². The van der Waals surface area contributed by atoms with Crippen LogP contribution in [0, 0.1) is 6.92 Å². The van der Waals surface area contributed by atoms with Gasteiger partial charge in [-0.05, 0) is 31.2 Å². The molecule has 0 radical (unpaired) electrons. The van der Waals surface area contributed by atoms with E-state index in [1.54, 1.807) is 0 Å². The first kappa shape index (κ1) is 21.2. The van der Waals surface area contributed by atoms with E-state index in [2.05, 4.69) is 4.90 Å². The molecule has 0 aromatic heterocycles. The number of carbonyl (C=O) groups is 1. The van der Waals surface area contributed by atoms with Crippen molar-refractivity contribution in [3.63, 3.8) is 0 Å². The maximum absolute atomic E-state index is 12.4. The summed E-state index contributed by atoms with van der Waals surface area (Å²) in [6.07, 6.45) is -0.548. The monoisotopic (exact) mass is 390 g/mol. The SMILES string of the molecule is Cc1ccc(OCC(O)CN2CCN(C(=O)c3ccccc3)CC2)cc1.Cl. The summed E-state index contributed by atoms with van der Waals surface area (Å²) < 4.78 is 5.64. The Morgan fingerprint density at radius 3 is 2.30 bits per heavy atom. The third-order valence-electron chi connectivity index (χ3n) is 4.61. The van der Waals surface area contributed by atoms with E-state index < -0.39 is 6.10 Å². The summed E-state index contributed by atoms with van der Waals surface area (Å²) in [5, 5.41) is 10.2. The molecule has 0 bridgehead atoms. The minimum atomic E-state index is -0.548. The molecule has 2 aromatic carbocycles. The topological polar surface area (TPSA) is 53.0 Å². The standard InChI is InChI=1S/C21H26N2O3.ClH/c1-17-7-9-20(10-8-17)26-16-19(24)15-22-11-13-23(14-12-22)21(25)18-5-3-2-4-6-18;/h2-10,19,24H,11-16H2,1H3;1H. The molecule has 6 heteroatoms. The van der Waals surface area contributed by atoms with Crippen LogP contribution in [0.5, 0.6) is 5.75 Å². The van der Waals surface area contributed by atoms with E-state index in [0.717, 1.165) is 24.4 Å². The number of amides is 1. The Hall–Kier alpha value is -2.08.